The van der Waals surface area contributed by atoms with Crippen molar-refractivity contribution in [2.75, 3.05) is 5.32 Å². The summed E-state index contributed by atoms with van der Waals surface area (Å²) in [7, 11) is 0. The minimum Gasteiger partial charge on any atom is -0.478 e. The first kappa shape index (κ1) is 16.2. The van der Waals surface area contributed by atoms with E-state index in [4.69, 9.17) is 9.52 Å². The largest absolute Gasteiger partial charge is 0.478 e. The molecule has 0 aliphatic heterocycles. The van der Waals surface area contributed by atoms with Crippen LogP contribution in [0.5, 0.6) is 0 Å². The number of fused-ring (bicyclic) bond motifs is 1. The lowest BCUT2D eigenvalue weighted by Gasteiger charge is -2.05. The molecule has 1 heterocycles. The van der Waals surface area contributed by atoms with Gasteiger partial charge in [-0.2, -0.15) is 0 Å². The van der Waals surface area contributed by atoms with Crippen molar-refractivity contribution in [3.63, 3.8) is 0 Å². The van der Waals surface area contributed by atoms with Crippen molar-refractivity contribution in [2.24, 2.45) is 0 Å². The second-order valence-electron chi connectivity index (χ2n) is 5.20. The number of anilines is 1. The van der Waals surface area contributed by atoms with E-state index in [0.29, 0.717) is 5.58 Å². The van der Waals surface area contributed by atoms with Crippen LogP contribution in [0.3, 0.4) is 0 Å². The van der Waals surface area contributed by atoms with Crippen molar-refractivity contribution in [3.8, 4) is 0 Å². The fourth-order valence-corrected chi connectivity index (χ4v) is 2.31. The molecule has 3 aromatic rings. The van der Waals surface area contributed by atoms with Crippen LogP contribution in [0.1, 0.15) is 15.9 Å². The number of nitrogens with one attached hydrogen (secondary N) is 1. The predicted molar refractivity (Wildman–Crippen MR) is 93.5 cm³/mol. The number of carbonyl (C=O) groups is 2. The zero-order valence-corrected chi connectivity index (χ0v) is 12.9. The topological polar surface area (TPSA) is 96.6 Å². The summed E-state index contributed by atoms with van der Waals surface area (Å²) in [6, 6.07) is 14.7. The Morgan fingerprint density at radius 1 is 1.04 bits per heavy atom. The number of hydrogen-bond acceptors (Lipinski definition) is 4. The summed E-state index contributed by atoms with van der Waals surface area (Å²) >= 11 is 0. The summed E-state index contributed by atoms with van der Waals surface area (Å²) in [4.78, 5) is 35.1. The minimum absolute atomic E-state index is 0.0190. The smallest absolute Gasteiger partial charge is 0.343 e. The van der Waals surface area contributed by atoms with Crippen LogP contribution < -0.4 is 10.9 Å². The minimum atomic E-state index is -1.14. The van der Waals surface area contributed by atoms with Gasteiger partial charge in [0.25, 0.3) is 0 Å². The molecule has 6 heteroatoms. The van der Waals surface area contributed by atoms with Crippen molar-refractivity contribution < 1.29 is 19.1 Å². The van der Waals surface area contributed by atoms with Gasteiger partial charge in [-0.05, 0) is 30.3 Å². The maximum Gasteiger partial charge on any atom is 0.343 e. The Balaban J connectivity index is 1.83. The van der Waals surface area contributed by atoms with E-state index in [0.717, 1.165) is 11.5 Å². The van der Waals surface area contributed by atoms with Crippen LogP contribution in [-0.4, -0.2) is 17.0 Å². The number of hydrogen-bond donors (Lipinski definition) is 2. The fourth-order valence-electron chi connectivity index (χ4n) is 2.31. The number of amides is 1. The molecule has 0 saturated carbocycles. The Labute approximate surface area is 142 Å². The van der Waals surface area contributed by atoms with Gasteiger partial charge in [-0.25, -0.2) is 9.59 Å². The van der Waals surface area contributed by atoms with Crippen molar-refractivity contribution in [1.82, 2.24) is 0 Å². The quantitative estimate of drug-likeness (QED) is 0.564. The molecule has 0 fully saturated rings. The molecule has 6 nitrogen and oxygen atoms in total. The van der Waals surface area contributed by atoms with E-state index in [1.54, 1.807) is 36.4 Å². The Morgan fingerprint density at radius 3 is 2.56 bits per heavy atom. The molecule has 25 heavy (non-hydrogen) atoms. The zero-order chi connectivity index (χ0) is 17.8. The summed E-state index contributed by atoms with van der Waals surface area (Å²) in [6.45, 7) is 0. The normalized spacial score (nSPS) is 10.9. The molecule has 0 radical (unpaired) electrons. The zero-order valence-electron chi connectivity index (χ0n) is 12.9. The molecule has 0 bridgehead atoms. The number of carboxylic acids is 1. The molecule has 0 aliphatic rings. The molecule has 0 unspecified atom stereocenters. The van der Waals surface area contributed by atoms with E-state index < -0.39 is 17.5 Å². The molecule has 0 atom stereocenters. The van der Waals surface area contributed by atoms with Gasteiger partial charge in [0.05, 0.1) is 16.8 Å². The molecule has 2 N–H and O–H groups in total. The molecule has 0 spiro atoms. The van der Waals surface area contributed by atoms with Gasteiger partial charge < -0.3 is 14.8 Å². The Kier molecular flexibility index (Phi) is 4.43. The number of rotatable bonds is 4. The maximum absolute atomic E-state index is 12.0. The first-order valence-corrected chi connectivity index (χ1v) is 7.39. The van der Waals surface area contributed by atoms with Gasteiger partial charge >= 0.3 is 11.6 Å². The monoisotopic (exact) mass is 335 g/mol. The Bertz CT molecular complexity index is 1050. The SMILES string of the molecule is O=C(/C=C/c1cc2ccccc2oc1=O)Nc1ccccc1C(=O)O. The van der Waals surface area contributed by atoms with Crippen LogP contribution >= 0.6 is 0 Å². The van der Waals surface area contributed by atoms with Gasteiger partial charge in [-0.15, -0.1) is 0 Å². The number of carboxylic acid groups (broad SMARTS) is 1. The highest BCUT2D eigenvalue weighted by molar-refractivity contribution is 6.06. The van der Waals surface area contributed by atoms with Gasteiger partial charge in [0.15, 0.2) is 0 Å². The molecule has 2 aromatic carbocycles. The second kappa shape index (κ2) is 6.84. The summed E-state index contributed by atoms with van der Waals surface area (Å²) in [6.07, 6.45) is 2.48. The molecule has 0 aliphatic carbocycles. The predicted octanol–water partition coefficient (Wildman–Crippen LogP) is 3.14. The fraction of sp³-hybridized carbons (Fsp3) is 0. The van der Waals surface area contributed by atoms with Crippen molar-refractivity contribution in [3.05, 3.63) is 82.2 Å². The lowest BCUT2D eigenvalue weighted by Crippen LogP contribution is -2.12. The molecule has 124 valence electrons. The van der Waals surface area contributed by atoms with E-state index in [-0.39, 0.29) is 16.8 Å². The van der Waals surface area contributed by atoms with E-state index in [1.807, 2.05) is 6.07 Å². The molecule has 1 aromatic heterocycles. The summed E-state index contributed by atoms with van der Waals surface area (Å²) in [5.41, 5.74) is 0.281. The van der Waals surface area contributed by atoms with Gasteiger partial charge in [0, 0.05) is 11.5 Å². The average molecular weight is 335 g/mol. The number of para-hydroxylation sites is 2. The summed E-state index contributed by atoms with van der Waals surface area (Å²) < 4.78 is 5.18. The maximum atomic E-state index is 12.0. The first-order chi connectivity index (χ1) is 12.0. The van der Waals surface area contributed by atoms with Crippen molar-refractivity contribution in [2.45, 2.75) is 0 Å². The number of carbonyl (C=O) groups excluding carboxylic acids is 1. The van der Waals surface area contributed by atoms with Crippen molar-refractivity contribution in [1.29, 1.82) is 0 Å². The lowest BCUT2D eigenvalue weighted by molar-refractivity contribution is -0.111. The van der Waals surface area contributed by atoms with Crippen LogP contribution in [-0.2, 0) is 4.79 Å². The number of benzene rings is 2. The highest BCUT2D eigenvalue weighted by Gasteiger charge is 2.10. The molecule has 0 saturated heterocycles. The van der Waals surface area contributed by atoms with E-state index >= 15 is 0 Å². The third-order valence-electron chi connectivity index (χ3n) is 3.50. The van der Waals surface area contributed by atoms with Gasteiger partial charge in [-0.3, -0.25) is 4.79 Å². The summed E-state index contributed by atoms with van der Waals surface area (Å²) in [5, 5.41) is 12.3. The Morgan fingerprint density at radius 2 is 1.76 bits per heavy atom. The molecular formula is C19H13NO5. The van der Waals surface area contributed by atoms with Gasteiger partial charge in [0.1, 0.15) is 5.58 Å². The second-order valence-corrected chi connectivity index (χ2v) is 5.20. The third kappa shape index (κ3) is 3.64. The van der Waals surface area contributed by atoms with Gasteiger partial charge in [-0.1, -0.05) is 30.3 Å². The lowest BCUT2D eigenvalue weighted by atomic mass is 10.1. The van der Waals surface area contributed by atoms with Crippen LogP contribution in [0.4, 0.5) is 5.69 Å². The highest BCUT2D eigenvalue weighted by atomic mass is 16.4. The summed E-state index contributed by atoms with van der Waals surface area (Å²) in [5.74, 6) is -1.70. The average Bonchev–Trinajstić information content (AvgIpc) is 2.60. The van der Waals surface area contributed by atoms with E-state index in [9.17, 15) is 14.4 Å². The van der Waals surface area contributed by atoms with Crippen LogP contribution in [0.15, 0.2) is 69.9 Å². The Hall–Kier alpha value is -3.67. The molecule has 1 amide bonds. The van der Waals surface area contributed by atoms with E-state index in [2.05, 4.69) is 5.32 Å². The molecular weight excluding hydrogens is 322 g/mol. The van der Waals surface area contributed by atoms with Crippen molar-refractivity contribution >= 4 is 34.6 Å². The standard InChI is InChI=1S/C19H13NO5/c21-17(20-15-7-3-2-6-14(15)18(22)23)10-9-13-11-12-5-1-4-8-16(12)25-19(13)24/h1-11H,(H,20,21)(H,22,23)/b10-9+. The van der Waals surface area contributed by atoms with Crippen LogP contribution in [0.2, 0.25) is 0 Å². The number of aromatic carboxylic acids is 1. The van der Waals surface area contributed by atoms with Crippen LogP contribution in [0, 0.1) is 0 Å². The van der Waals surface area contributed by atoms with Gasteiger partial charge in [0.2, 0.25) is 5.91 Å². The van der Waals surface area contributed by atoms with E-state index in [1.165, 1.54) is 18.2 Å². The highest BCUT2D eigenvalue weighted by Crippen LogP contribution is 2.16. The third-order valence-corrected chi connectivity index (χ3v) is 3.50. The van der Waals surface area contributed by atoms with Crippen LogP contribution in [0.25, 0.3) is 17.0 Å². The molecule has 3 rings (SSSR count). The first-order valence-electron chi connectivity index (χ1n) is 7.39.